The van der Waals surface area contributed by atoms with Gasteiger partial charge in [0.1, 0.15) is 0 Å². The fourth-order valence-corrected chi connectivity index (χ4v) is 4.81. The zero-order valence-corrected chi connectivity index (χ0v) is 14.5. The number of fused-ring (bicyclic) bond motifs is 1. The zero-order chi connectivity index (χ0) is 17.3. The monoisotopic (exact) mass is 344 g/mol. The molecule has 0 radical (unpaired) electrons. The van der Waals surface area contributed by atoms with Crippen LogP contribution >= 0.6 is 0 Å². The Kier molecular flexibility index (Phi) is 4.32. The van der Waals surface area contributed by atoms with E-state index < -0.39 is 10.0 Å². The smallest absolute Gasteiger partial charge is 0.239 e. The summed E-state index contributed by atoms with van der Waals surface area (Å²) < 4.78 is 27.4. The molecular weight excluding hydrogens is 324 g/mol. The lowest BCUT2D eigenvalue weighted by Crippen LogP contribution is -2.51. The number of carbonyl (C=O) groups is 1. The van der Waals surface area contributed by atoms with Crippen molar-refractivity contribution in [3.05, 3.63) is 60.2 Å². The number of carbonyl (C=O) groups excluding carboxylic acids is 1. The molecule has 0 aromatic heterocycles. The molecule has 6 heteroatoms. The minimum Gasteiger partial charge on any atom is -0.306 e. The SMILES string of the molecule is CC(=O)N1c2ccccc2N(S(=O)(=O)Cc2ccccc2)C[C@@H]1C. The van der Waals surface area contributed by atoms with Gasteiger partial charge in [0.15, 0.2) is 0 Å². The van der Waals surface area contributed by atoms with Crippen LogP contribution in [0.15, 0.2) is 54.6 Å². The maximum Gasteiger partial charge on any atom is 0.239 e. The first kappa shape index (κ1) is 16.5. The van der Waals surface area contributed by atoms with Crippen LogP contribution in [-0.4, -0.2) is 26.9 Å². The Morgan fingerprint density at radius 2 is 1.62 bits per heavy atom. The molecule has 0 fully saturated rings. The molecule has 0 bridgehead atoms. The molecule has 126 valence electrons. The average Bonchev–Trinajstić information content (AvgIpc) is 2.54. The number of benzene rings is 2. The molecule has 1 aliphatic heterocycles. The molecule has 0 saturated carbocycles. The van der Waals surface area contributed by atoms with Crippen molar-refractivity contribution in [1.29, 1.82) is 0 Å². The molecule has 0 N–H and O–H groups in total. The lowest BCUT2D eigenvalue weighted by atomic mass is 10.1. The zero-order valence-electron chi connectivity index (χ0n) is 13.7. The van der Waals surface area contributed by atoms with Gasteiger partial charge in [-0.3, -0.25) is 9.10 Å². The molecule has 0 aliphatic carbocycles. The molecular formula is C18H20N2O3S. The molecule has 5 nitrogen and oxygen atoms in total. The van der Waals surface area contributed by atoms with Gasteiger partial charge in [-0.1, -0.05) is 42.5 Å². The fourth-order valence-electron chi connectivity index (χ4n) is 3.14. The molecule has 3 rings (SSSR count). The Morgan fingerprint density at radius 1 is 1.04 bits per heavy atom. The number of para-hydroxylation sites is 2. The van der Waals surface area contributed by atoms with E-state index >= 15 is 0 Å². The molecule has 0 saturated heterocycles. The molecule has 1 heterocycles. The Balaban J connectivity index is 2.02. The van der Waals surface area contributed by atoms with Crippen LogP contribution in [0.1, 0.15) is 19.4 Å². The number of sulfonamides is 1. The van der Waals surface area contributed by atoms with Gasteiger partial charge in [-0.2, -0.15) is 0 Å². The first-order valence-electron chi connectivity index (χ1n) is 7.83. The van der Waals surface area contributed by atoms with Gasteiger partial charge in [0.2, 0.25) is 15.9 Å². The van der Waals surface area contributed by atoms with Crippen molar-refractivity contribution in [3.8, 4) is 0 Å². The number of amides is 1. The topological polar surface area (TPSA) is 57.7 Å². The van der Waals surface area contributed by atoms with Gasteiger partial charge < -0.3 is 4.90 Å². The Labute approximate surface area is 142 Å². The quantitative estimate of drug-likeness (QED) is 0.860. The molecule has 1 atom stereocenters. The number of hydrogen-bond acceptors (Lipinski definition) is 3. The lowest BCUT2D eigenvalue weighted by molar-refractivity contribution is -0.117. The number of nitrogens with zero attached hydrogens (tertiary/aromatic N) is 2. The van der Waals surface area contributed by atoms with E-state index in [0.29, 0.717) is 11.4 Å². The summed E-state index contributed by atoms with van der Waals surface area (Å²) >= 11 is 0. The largest absolute Gasteiger partial charge is 0.306 e. The normalized spacial score (nSPS) is 17.5. The number of anilines is 2. The van der Waals surface area contributed by atoms with Crippen molar-refractivity contribution in [2.75, 3.05) is 15.7 Å². The van der Waals surface area contributed by atoms with E-state index in [-0.39, 0.29) is 24.2 Å². The van der Waals surface area contributed by atoms with Crippen LogP contribution in [0.3, 0.4) is 0 Å². The lowest BCUT2D eigenvalue weighted by Gasteiger charge is -2.41. The second kappa shape index (κ2) is 6.28. The highest BCUT2D eigenvalue weighted by molar-refractivity contribution is 7.92. The Morgan fingerprint density at radius 3 is 2.25 bits per heavy atom. The van der Waals surface area contributed by atoms with Gasteiger partial charge in [-0.05, 0) is 24.6 Å². The minimum atomic E-state index is -3.54. The third-order valence-electron chi connectivity index (χ3n) is 4.15. The Bertz CT molecular complexity index is 850. The molecule has 24 heavy (non-hydrogen) atoms. The van der Waals surface area contributed by atoms with E-state index in [1.54, 1.807) is 35.2 Å². The van der Waals surface area contributed by atoms with Crippen LogP contribution in [0.2, 0.25) is 0 Å². The molecule has 2 aromatic rings. The van der Waals surface area contributed by atoms with Crippen molar-refractivity contribution >= 4 is 27.3 Å². The highest BCUT2D eigenvalue weighted by Gasteiger charge is 2.35. The number of rotatable bonds is 3. The van der Waals surface area contributed by atoms with Crippen LogP contribution in [0.5, 0.6) is 0 Å². The predicted octanol–water partition coefficient (Wildman–Crippen LogP) is 2.78. The highest BCUT2D eigenvalue weighted by Crippen LogP contribution is 2.37. The van der Waals surface area contributed by atoms with E-state index in [1.165, 1.54) is 11.2 Å². The van der Waals surface area contributed by atoms with Gasteiger partial charge >= 0.3 is 0 Å². The number of hydrogen-bond donors (Lipinski definition) is 0. The summed E-state index contributed by atoms with van der Waals surface area (Å²) in [4.78, 5) is 13.6. The second-order valence-electron chi connectivity index (χ2n) is 6.00. The van der Waals surface area contributed by atoms with Crippen LogP contribution in [0.25, 0.3) is 0 Å². The summed E-state index contributed by atoms with van der Waals surface area (Å²) in [5.41, 5.74) is 1.94. The molecule has 2 aromatic carbocycles. The van der Waals surface area contributed by atoms with E-state index in [2.05, 4.69) is 0 Å². The first-order chi connectivity index (χ1) is 11.4. The van der Waals surface area contributed by atoms with E-state index in [0.717, 1.165) is 5.56 Å². The maximum absolute atomic E-state index is 13.0. The van der Waals surface area contributed by atoms with Crippen LogP contribution in [0, 0.1) is 0 Å². The molecule has 0 unspecified atom stereocenters. The third kappa shape index (κ3) is 3.01. The minimum absolute atomic E-state index is 0.0605. The highest BCUT2D eigenvalue weighted by atomic mass is 32.2. The maximum atomic E-state index is 13.0. The second-order valence-corrected chi connectivity index (χ2v) is 7.89. The summed E-state index contributed by atoms with van der Waals surface area (Å²) in [6.07, 6.45) is 0. The van der Waals surface area contributed by atoms with Gasteiger partial charge in [0, 0.05) is 6.92 Å². The third-order valence-corrected chi connectivity index (χ3v) is 5.86. The van der Waals surface area contributed by atoms with Crippen molar-refractivity contribution in [2.24, 2.45) is 0 Å². The van der Waals surface area contributed by atoms with Crippen molar-refractivity contribution in [1.82, 2.24) is 0 Å². The standard InChI is InChI=1S/C18H20N2O3S/c1-14-12-19(24(22,23)13-16-8-4-3-5-9-16)17-10-6-7-11-18(17)20(14)15(2)21/h3-11,14H,12-13H2,1-2H3/t14-/m0/s1. The van der Waals surface area contributed by atoms with Crippen LogP contribution < -0.4 is 9.21 Å². The van der Waals surface area contributed by atoms with Crippen molar-refractivity contribution < 1.29 is 13.2 Å². The summed E-state index contributed by atoms with van der Waals surface area (Å²) in [6.45, 7) is 3.62. The van der Waals surface area contributed by atoms with Crippen molar-refractivity contribution in [3.63, 3.8) is 0 Å². The predicted molar refractivity (Wildman–Crippen MR) is 95.5 cm³/mol. The summed E-state index contributed by atoms with van der Waals surface area (Å²) in [6, 6.07) is 16.0. The van der Waals surface area contributed by atoms with Gasteiger partial charge in [0.05, 0.1) is 29.7 Å². The fraction of sp³-hybridized carbons (Fsp3) is 0.278. The first-order valence-corrected chi connectivity index (χ1v) is 9.44. The van der Waals surface area contributed by atoms with Crippen LogP contribution in [-0.2, 0) is 20.6 Å². The van der Waals surface area contributed by atoms with Gasteiger partial charge in [0.25, 0.3) is 0 Å². The van der Waals surface area contributed by atoms with E-state index in [1.807, 2.05) is 31.2 Å². The van der Waals surface area contributed by atoms with Crippen molar-refractivity contribution in [2.45, 2.75) is 25.6 Å². The van der Waals surface area contributed by atoms with Gasteiger partial charge in [-0.15, -0.1) is 0 Å². The molecule has 1 amide bonds. The van der Waals surface area contributed by atoms with E-state index in [9.17, 15) is 13.2 Å². The summed E-state index contributed by atoms with van der Waals surface area (Å²) in [7, 11) is -3.54. The molecule has 0 spiro atoms. The van der Waals surface area contributed by atoms with Gasteiger partial charge in [-0.25, -0.2) is 8.42 Å². The van der Waals surface area contributed by atoms with E-state index in [4.69, 9.17) is 0 Å². The Hall–Kier alpha value is -2.34. The molecule has 1 aliphatic rings. The van der Waals surface area contributed by atoms with Crippen LogP contribution in [0.4, 0.5) is 11.4 Å². The summed E-state index contributed by atoms with van der Waals surface area (Å²) in [5, 5.41) is 0. The average molecular weight is 344 g/mol. The summed E-state index contributed by atoms with van der Waals surface area (Å²) in [5.74, 6) is -0.148.